The molecule has 0 spiro atoms. The molecule has 30 heavy (non-hydrogen) atoms. The number of aliphatic hydroxyl groups is 2. The molecule has 4 N–H and O–H groups in total. The maximum Gasteiger partial charge on any atom is 0.313 e. The molecule has 3 rings (SSSR count). The van der Waals surface area contributed by atoms with E-state index in [1.165, 1.54) is 76.3 Å². The molecule has 0 aromatic carbocycles. The number of likely N-dealkylation sites (tertiary alicyclic amines) is 1. The number of nitrogens with zero attached hydrogens (tertiary/aromatic N) is 2. The number of rotatable bonds is 8. The minimum Gasteiger partial charge on any atom is -0.481 e. The van der Waals surface area contributed by atoms with Crippen molar-refractivity contribution >= 4 is 11.8 Å². The van der Waals surface area contributed by atoms with Gasteiger partial charge >= 0.3 is 5.97 Å². The summed E-state index contributed by atoms with van der Waals surface area (Å²) in [5, 5.41) is 29.3. The monoisotopic (exact) mass is 419 g/mol. The Kier molecular flexibility index (Phi) is 10.3. The number of hydrogen-bond donors (Lipinski definition) is 4. The molecule has 1 saturated heterocycles. The molecule has 0 bridgehead atoms. The first-order valence-electron chi connectivity index (χ1n) is 11.0. The van der Waals surface area contributed by atoms with E-state index in [-0.39, 0.29) is 0 Å². The molecule has 1 aromatic rings. The van der Waals surface area contributed by atoms with Crippen molar-refractivity contribution in [3.05, 3.63) is 35.5 Å². The van der Waals surface area contributed by atoms with Gasteiger partial charge in [0, 0.05) is 12.2 Å². The lowest BCUT2D eigenvalue weighted by Gasteiger charge is -2.26. The molecule has 3 heterocycles. The van der Waals surface area contributed by atoms with Gasteiger partial charge in [0.25, 0.3) is 0 Å². The number of carboxylic acids is 1. The van der Waals surface area contributed by atoms with Crippen LogP contribution >= 0.6 is 0 Å². The molecule has 7 nitrogen and oxygen atoms in total. The molecule has 0 amide bonds. The van der Waals surface area contributed by atoms with Crippen molar-refractivity contribution in [3.8, 4) is 0 Å². The number of aliphatic carboxylic acids is 1. The zero-order valence-electron chi connectivity index (χ0n) is 18.1. The number of anilines is 1. The second-order valence-corrected chi connectivity index (χ2v) is 8.26. The van der Waals surface area contributed by atoms with Crippen molar-refractivity contribution in [2.24, 2.45) is 5.92 Å². The molecule has 2 aliphatic rings. The molecule has 0 aliphatic carbocycles. The van der Waals surface area contributed by atoms with Crippen molar-refractivity contribution in [1.29, 1.82) is 0 Å². The van der Waals surface area contributed by atoms with Crippen LogP contribution in [0.4, 0.5) is 5.82 Å². The van der Waals surface area contributed by atoms with Crippen molar-refractivity contribution in [2.75, 3.05) is 38.1 Å². The Morgan fingerprint density at radius 3 is 2.60 bits per heavy atom. The predicted octanol–water partition coefficient (Wildman–Crippen LogP) is 2.47. The van der Waals surface area contributed by atoms with E-state index in [2.05, 4.69) is 28.9 Å². The van der Waals surface area contributed by atoms with Crippen LogP contribution in [0.3, 0.4) is 0 Å². The molecule has 0 saturated carbocycles. The number of nitrogens with one attached hydrogen (secondary N) is 1. The van der Waals surface area contributed by atoms with E-state index in [4.69, 9.17) is 20.3 Å². The number of fused-ring (bicyclic) bond motifs is 1. The minimum atomic E-state index is -1.26. The Balaban J connectivity index is 0.000000252. The van der Waals surface area contributed by atoms with Crippen LogP contribution in [0.2, 0.25) is 0 Å². The molecular weight excluding hydrogens is 382 g/mol. The zero-order chi connectivity index (χ0) is 21.9. The number of carboxylic acid groups (broad SMARTS) is 1. The molecule has 2 aliphatic heterocycles. The third kappa shape index (κ3) is 7.70. The number of piperidine rings is 1. The fraction of sp³-hybridized carbons (Fsp3) is 0.652. The maximum absolute atomic E-state index is 10.4. The summed E-state index contributed by atoms with van der Waals surface area (Å²) in [7, 11) is 0. The Hall–Kier alpha value is -1.96. The normalized spacial score (nSPS) is 18.2. The largest absolute Gasteiger partial charge is 0.481 e. The topological polar surface area (TPSA) is 106 Å². The van der Waals surface area contributed by atoms with Crippen molar-refractivity contribution in [2.45, 2.75) is 58.0 Å². The van der Waals surface area contributed by atoms with Crippen molar-refractivity contribution < 1.29 is 20.1 Å². The molecule has 7 heteroatoms. The van der Waals surface area contributed by atoms with Crippen LogP contribution in [0.15, 0.2) is 24.3 Å². The Labute approximate surface area is 179 Å². The first-order chi connectivity index (χ1) is 14.4. The summed E-state index contributed by atoms with van der Waals surface area (Å²) >= 11 is 0. The summed E-state index contributed by atoms with van der Waals surface area (Å²) < 4.78 is 0. The Morgan fingerprint density at radius 2 is 2.00 bits per heavy atom. The Bertz CT molecular complexity index is 675. The van der Waals surface area contributed by atoms with Gasteiger partial charge in [-0.1, -0.05) is 24.6 Å². The highest BCUT2D eigenvalue weighted by Crippen LogP contribution is 2.20. The van der Waals surface area contributed by atoms with Crippen LogP contribution < -0.4 is 5.32 Å². The van der Waals surface area contributed by atoms with Gasteiger partial charge in [0.1, 0.15) is 11.7 Å². The number of aliphatic hydroxyl groups excluding tert-OH is 2. The first kappa shape index (κ1) is 24.3. The van der Waals surface area contributed by atoms with E-state index in [9.17, 15) is 4.79 Å². The van der Waals surface area contributed by atoms with E-state index in [1.807, 2.05) is 0 Å². The van der Waals surface area contributed by atoms with E-state index < -0.39 is 24.6 Å². The number of aryl methyl sites for hydroxylation is 2. The maximum atomic E-state index is 10.4. The van der Waals surface area contributed by atoms with Crippen LogP contribution in [0, 0.1) is 5.92 Å². The van der Waals surface area contributed by atoms with E-state index in [1.54, 1.807) is 0 Å². The molecule has 1 fully saturated rings. The van der Waals surface area contributed by atoms with Crippen LogP contribution in [0.1, 0.15) is 50.3 Å². The third-order valence-electron chi connectivity index (χ3n) is 5.68. The summed E-state index contributed by atoms with van der Waals surface area (Å²) in [6.45, 7) is 9.26. The average Bonchev–Trinajstić information content (AvgIpc) is 2.74. The van der Waals surface area contributed by atoms with E-state index in [0.717, 1.165) is 18.8 Å². The van der Waals surface area contributed by atoms with Gasteiger partial charge in [-0.2, -0.15) is 0 Å². The quantitative estimate of drug-likeness (QED) is 0.480. The highest BCUT2D eigenvalue weighted by atomic mass is 16.4. The van der Waals surface area contributed by atoms with Gasteiger partial charge in [-0.3, -0.25) is 4.79 Å². The minimum absolute atomic E-state index is 0.332. The number of pyridine rings is 1. The summed E-state index contributed by atoms with van der Waals surface area (Å²) in [5.41, 5.74) is 2.98. The van der Waals surface area contributed by atoms with Crippen molar-refractivity contribution in [1.82, 2.24) is 9.88 Å². The predicted molar refractivity (Wildman–Crippen MR) is 119 cm³/mol. The van der Waals surface area contributed by atoms with Gasteiger partial charge in [-0.15, -0.1) is 0 Å². The first-order valence-corrected chi connectivity index (χ1v) is 11.0. The second-order valence-electron chi connectivity index (χ2n) is 8.26. The van der Waals surface area contributed by atoms with Gasteiger partial charge in [-0.05, 0) is 76.7 Å². The zero-order valence-corrected chi connectivity index (χ0v) is 18.1. The Morgan fingerprint density at radius 1 is 1.27 bits per heavy atom. The van der Waals surface area contributed by atoms with Gasteiger partial charge < -0.3 is 25.5 Å². The lowest BCUT2D eigenvalue weighted by molar-refractivity contribution is -0.144. The molecule has 0 radical (unpaired) electrons. The molecule has 168 valence electrons. The molecule has 2 atom stereocenters. The van der Waals surface area contributed by atoms with Crippen LogP contribution in [-0.2, 0) is 17.6 Å². The van der Waals surface area contributed by atoms with Crippen LogP contribution in [-0.4, -0.2) is 70.1 Å². The lowest BCUT2D eigenvalue weighted by atomic mass is 9.96. The van der Waals surface area contributed by atoms with E-state index in [0.29, 0.717) is 5.57 Å². The smallest absolute Gasteiger partial charge is 0.313 e. The van der Waals surface area contributed by atoms with Gasteiger partial charge in [0.15, 0.2) is 0 Å². The summed E-state index contributed by atoms with van der Waals surface area (Å²) in [6.07, 6.45) is 7.73. The standard InChI is InChI=1S/C16H25N3.C7H12O4/c1-2-11-19(12-3-1)13-5-7-15-9-8-14-6-4-10-17-16(14)18-15;1-4(2)6(7(10)11)5(9)3-8/h8-9H,1-7,10-13H2,(H,17,18);5-6,8-9H,1,3H2,2H3,(H,10,11). The molecular formula is C23H37N3O4. The van der Waals surface area contributed by atoms with Gasteiger partial charge in [-0.25, -0.2) is 4.98 Å². The van der Waals surface area contributed by atoms with Crippen LogP contribution in [0.5, 0.6) is 0 Å². The summed E-state index contributed by atoms with van der Waals surface area (Å²) in [6, 6.07) is 4.49. The summed E-state index contributed by atoms with van der Waals surface area (Å²) in [4.78, 5) is 17.8. The highest BCUT2D eigenvalue weighted by Gasteiger charge is 2.26. The van der Waals surface area contributed by atoms with Gasteiger partial charge in [0.05, 0.1) is 12.7 Å². The van der Waals surface area contributed by atoms with Gasteiger partial charge in [0.2, 0.25) is 0 Å². The molecule has 2 unspecified atom stereocenters. The van der Waals surface area contributed by atoms with Crippen molar-refractivity contribution in [3.63, 3.8) is 0 Å². The third-order valence-corrected chi connectivity index (χ3v) is 5.68. The lowest BCUT2D eigenvalue weighted by Crippen LogP contribution is -2.31. The average molecular weight is 420 g/mol. The van der Waals surface area contributed by atoms with E-state index >= 15 is 0 Å². The second kappa shape index (κ2) is 12.7. The fourth-order valence-electron chi connectivity index (χ4n) is 3.98. The number of hydrogen-bond acceptors (Lipinski definition) is 6. The fourth-order valence-corrected chi connectivity index (χ4v) is 3.98. The number of carbonyl (C=O) groups is 1. The SMILES string of the molecule is C=C(C)C(C(=O)O)C(O)CO.c1cc2c(nc1CCCN1CCCCC1)NCCC2. The molecule has 1 aromatic heterocycles. The summed E-state index contributed by atoms with van der Waals surface area (Å²) in [5.74, 6) is -1.10. The number of aromatic nitrogens is 1. The van der Waals surface area contributed by atoms with Crippen LogP contribution in [0.25, 0.3) is 0 Å². The highest BCUT2D eigenvalue weighted by molar-refractivity contribution is 5.74.